The van der Waals surface area contributed by atoms with Crippen molar-refractivity contribution in [2.45, 2.75) is 55.5 Å². The van der Waals surface area contributed by atoms with Gasteiger partial charge in [0.05, 0.1) is 16.5 Å². The number of thioether (sulfide) groups is 1. The van der Waals surface area contributed by atoms with Crippen LogP contribution in [0.15, 0.2) is 23.1 Å². The molecule has 1 aromatic rings. The molecule has 0 aliphatic carbocycles. The van der Waals surface area contributed by atoms with Crippen LogP contribution in [0, 0.1) is 0 Å². The molecule has 0 saturated carbocycles. The summed E-state index contributed by atoms with van der Waals surface area (Å²) in [4.78, 5) is 24.6. The summed E-state index contributed by atoms with van der Waals surface area (Å²) in [7, 11) is 0. The van der Waals surface area contributed by atoms with E-state index >= 15 is 0 Å². The molecule has 132 valence electrons. The third-order valence-electron chi connectivity index (χ3n) is 3.63. The van der Waals surface area contributed by atoms with E-state index in [0.717, 1.165) is 36.7 Å². The van der Waals surface area contributed by atoms with E-state index in [9.17, 15) is 22.8 Å². The van der Waals surface area contributed by atoms with Crippen molar-refractivity contribution >= 4 is 29.3 Å². The number of amides is 2. The first-order chi connectivity index (χ1) is 11.2. The Morgan fingerprint density at radius 3 is 2.75 bits per heavy atom. The van der Waals surface area contributed by atoms with E-state index in [1.807, 2.05) is 13.8 Å². The number of benzene rings is 1. The SMILES string of the molecule is CCC[C@H](C)NC(=O)C[C@@H]1Sc2ccc(C(F)(F)F)cc2NC1=O. The van der Waals surface area contributed by atoms with Crippen molar-refractivity contribution in [3.63, 3.8) is 0 Å². The summed E-state index contributed by atoms with van der Waals surface area (Å²) in [5, 5.41) is 4.64. The minimum Gasteiger partial charge on any atom is -0.354 e. The summed E-state index contributed by atoms with van der Waals surface area (Å²) < 4.78 is 38.1. The van der Waals surface area contributed by atoms with Crippen molar-refractivity contribution in [1.82, 2.24) is 5.32 Å². The zero-order chi connectivity index (χ0) is 17.9. The van der Waals surface area contributed by atoms with E-state index in [2.05, 4.69) is 10.6 Å². The summed E-state index contributed by atoms with van der Waals surface area (Å²) in [5.41, 5.74) is -0.678. The maximum absolute atomic E-state index is 12.7. The largest absolute Gasteiger partial charge is 0.416 e. The molecule has 1 aliphatic rings. The van der Waals surface area contributed by atoms with Crippen LogP contribution in [0.2, 0.25) is 0 Å². The molecule has 2 atom stereocenters. The molecule has 0 saturated heterocycles. The Morgan fingerprint density at radius 2 is 2.12 bits per heavy atom. The zero-order valence-corrected chi connectivity index (χ0v) is 14.2. The maximum Gasteiger partial charge on any atom is 0.416 e. The lowest BCUT2D eigenvalue weighted by Crippen LogP contribution is -2.38. The first-order valence-electron chi connectivity index (χ1n) is 7.68. The Bertz CT molecular complexity index is 634. The molecule has 1 heterocycles. The standard InChI is InChI=1S/C16H19F3N2O2S/c1-3-4-9(2)20-14(22)8-13-15(23)21-11-7-10(16(17,18)19)5-6-12(11)24-13/h5-7,9,13H,3-4,8H2,1-2H3,(H,20,22)(H,21,23)/t9-,13-/m0/s1. The van der Waals surface area contributed by atoms with Crippen LogP contribution < -0.4 is 10.6 Å². The number of carbonyl (C=O) groups excluding carboxylic acids is 2. The molecule has 0 spiro atoms. The average Bonchev–Trinajstić information content (AvgIpc) is 2.46. The van der Waals surface area contributed by atoms with Gasteiger partial charge in [0.1, 0.15) is 0 Å². The molecule has 0 bridgehead atoms. The molecule has 4 nitrogen and oxygen atoms in total. The molecule has 1 aliphatic heterocycles. The molecule has 8 heteroatoms. The van der Waals surface area contributed by atoms with Gasteiger partial charge >= 0.3 is 6.18 Å². The van der Waals surface area contributed by atoms with Crippen LogP contribution in [-0.4, -0.2) is 23.1 Å². The molecule has 0 aromatic heterocycles. The summed E-state index contributed by atoms with van der Waals surface area (Å²) in [5.74, 6) is -0.691. The van der Waals surface area contributed by atoms with Gasteiger partial charge in [0.25, 0.3) is 0 Å². The van der Waals surface area contributed by atoms with Gasteiger partial charge in [-0.05, 0) is 31.5 Å². The van der Waals surface area contributed by atoms with Gasteiger partial charge in [0, 0.05) is 17.4 Å². The van der Waals surface area contributed by atoms with Crippen molar-refractivity contribution in [1.29, 1.82) is 0 Å². The number of alkyl halides is 3. The topological polar surface area (TPSA) is 58.2 Å². The Kier molecular flexibility index (Phi) is 5.79. The fraction of sp³-hybridized carbons (Fsp3) is 0.500. The van der Waals surface area contributed by atoms with Crippen LogP contribution in [0.1, 0.15) is 38.7 Å². The average molecular weight is 360 g/mol. The smallest absolute Gasteiger partial charge is 0.354 e. The minimum atomic E-state index is -4.46. The second-order valence-electron chi connectivity index (χ2n) is 5.77. The zero-order valence-electron chi connectivity index (χ0n) is 13.4. The second-order valence-corrected chi connectivity index (χ2v) is 7.01. The number of fused-ring (bicyclic) bond motifs is 1. The van der Waals surface area contributed by atoms with Gasteiger partial charge in [-0.25, -0.2) is 0 Å². The first-order valence-corrected chi connectivity index (χ1v) is 8.56. The highest BCUT2D eigenvalue weighted by atomic mass is 32.2. The van der Waals surface area contributed by atoms with Crippen molar-refractivity contribution in [3.05, 3.63) is 23.8 Å². The van der Waals surface area contributed by atoms with E-state index in [0.29, 0.717) is 4.90 Å². The molecule has 0 unspecified atom stereocenters. The number of hydrogen-bond donors (Lipinski definition) is 2. The molecular formula is C16H19F3N2O2S. The highest BCUT2D eigenvalue weighted by molar-refractivity contribution is 8.01. The van der Waals surface area contributed by atoms with E-state index in [-0.39, 0.29) is 24.1 Å². The van der Waals surface area contributed by atoms with Gasteiger partial charge in [-0.1, -0.05) is 13.3 Å². The number of anilines is 1. The van der Waals surface area contributed by atoms with Gasteiger partial charge in [0.2, 0.25) is 11.8 Å². The number of rotatable bonds is 5. The molecule has 24 heavy (non-hydrogen) atoms. The van der Waals surface area contributed by atoms with Gasteiger partial charge in [-0.15, -0.1) is 11.8 Å². The van der Waals surface area contributed by atoms with Crippen LogP contribution in [0.3, 0.4) is 0 Å². The summed E-state index contributed by atoms with van der Waals surface area (Å²) in [6.45, 7) is 3.91. The first kappa shape index (κ1) is 18.6. The Labute approximate surface area is 142 Å². The molecule has 1 aromatic carbocycles. The number of nitrogens with one attached hydrogen (secondary N) is 2. The summed E-state index contributed by atoms with van der Waals surface area (Å²) >= 11 is 1.11. The summed E-state index contributed by atoms with van der Waals surface area (Å²) in [6.07, 6.45) is -2.69. The van der Waals surface area contributed by atoms with Crippen molar-refractivity contribution < 1.29 is 22.8 Å². The van der Waals surface area contributed by atoms with Crippen LogP contribution in [0.5, 0.6) is 0 Å². The maximum atomic E-state index is 12.7. The number of carbonyl (C=O) groups is 2. The fourth-order valence-corrected chi connectivity index (χ4v) is 3.56. The number of hydrogen-bond acceptors (Lipinski definition) is 3. The lowest BCUT2D eigenvalue weighted by Gasteiger charge is -2.25. The quantitative estimate of drug-likeness (QED) is 0.839. The van der Waals surface area contributed by atoms with Gasteiger partial charge in [-0.3, -0.25) is 9.59 Å². The van der Waals surface area contributed by atoms with Crippen molar-refractivity contribution in [3.8, 4) is 0 Å². The molecule has 2 N–H and O–H groups in total. The van der Waals surface area contributed by atoms with Crippen molar-refractivity contribution in [2.24, 2.45) is 0 Å². The lowest BCUT2D eigenvalue weighted by molar-refractivity contribution is -0.137. The monoisotopic (exact) mass is 360 g/mol. The third kappa shape index (κ3) is 4.66. The summed E-state index contributed by atoms with van der Waals surface area (Å²) in [6, 6.07) is 3.25. The molecular weight excluding hydrogens is 341 g/mol. The van der Waals surface area contributed by atoms with Gasteiger partial charge < -0.3 is 10.6 Å². The minimum absolute atomic E-state index is 0.00891. The number of halogens is 3. The van der Waals surface area contributed by atoms with E-state index in [4.69, 9.17) is 0 Å². The van der Waals surface area contributed by atoms with Crippen LogP contribution >= 0.6 is 11.8 Å². The molecule has 0 fully saturated rings. The predicted octanol–water partition coefficient (Wildman–Crippen LogP) is 3.81. The highest BCUT2D eigenvalue weighted by Crippen LogP contribution is 2.40. The Hall–Kier alpha value is -1.70. The molecule has 0 radical (unpaired) electrons. The lowest BCUT2D eigenvalue weighted by atomic mass is 10.1. The second kappa shape index (κ2) is 7.46. The van der Waals surface area contributed by atoms with Crippen LogP contribution in [0.25, 0.3) is 0 Å². The van der Waals surface area contributed by atoms with E-state index in [1.165, 1.54) is 6.07 Å². The van der Waals surface area contributed by atoms with Gasteiger partial charge in [0.15, 0.2) is 0 Å². The predicted molar refractivity (Wildman–Crippen MR) is 86.8 cm³/mol. The Morgan fingerprint density at radius 1 is 1.42 bits per heavy atom. The van der Waals surface area contributed by atoms with E-state index < -0.39 is 22.9 Å². The highest BCUT2D eigenvalue weighted by Gasteiger charge is 2.34. The Balaban J connectivity index is 2.05. The molecule has 2 rings (SSSR count). The molecule has 2 amide bonds. The van der Waals surface area contributed by atoms with E-state index in [1.54, 1.807) is 0 Å². The fourth-order valence-electron chi connectivity index (χ4n) is 2.47. The normalized spacial score (nSPS) is 18.5. The third-order valence-corrected chi connectivity index (χ3v) is 4.90. The van der Waals surface area contributed by atoms with Crippen molar-refractivity contribution in [2.75, 3.05) is 5.32 Å². The van der Waals surface area contributed by atoms with Gasteiger partial charge in [-0.2, -0.15) is 13.2 Å². The van der Waals surface area contributed by atoms with Crippen LogP contribution in [-0.2, 0) is 15.8 Å². The van der Waals surface area contributed by atoms with Crippen LogP contribution in [0.4, 0.5) is 18.9 Å².